The average molecular weight is 247 g/mol. The minimum absolute atomic E-state index is 0.00926. The van der Waals surface area contributed by atoms with E-state index >= 15 is 0 Å². The zero-order valence-electron chi connectivity index (χ0n) is 8.57. The van der Waals surface area contributed by atoms with Gasteiger partial charge in [0.05, 0.1) is 17.2 Å². The normalized spacial score (nSPS) is 20.2. The van der Waals surface area contributed by atoms with Crippen LogP contribution in [-0.2, 0) is 4.74 Å². The Morgan fingerprint density at radius 3 is 2.80 bits per heavy atom. The summed E-state index contributed by atoms with van der Waals surface area (Å²) in [5, 5.41) is 2.74. The molecule has 0 aliphatic heterocycles. The molecule has 0 bridgehead atoms. The number of methoxy groups -OCH3 is 1. The highest BCUT2D eigenvalue weighted by molar-refractivity contribution is 7.10. The van der Waals surface area contributed by atoms with Gasteiger partial charge in [-0.05, 0) is 30.2 Å². The third-order valence-electron chi connectivity index (χ3n) is 2.79. The highest BCUT2D eigenvalue weighted by atomic mass is 35.5. The number of ether oxygens (including phenoxy) is 1. The molecule has 84 valence electrons. The number of nitrogens with one attached hydrogen (secondary N) is 1. The standard InChI is InChI=1S/C10H15ClN2OS/c1-14-9(6-2-3-6)8(13-12)10-7(11)4-5-15-10/h4-6,8-9,13H,2-3,12H2,1H3. The van der Waals surface area contributed by atoms with Gasteiger partial charge in [-0.3, -0.25) is 5.84 Å². The predicted molar refractivity (Wildman–Crippen MR) is 62.9 cm³/mol. The van der Waals surface area contributed by atoms with Crippen molar-refractivity contribution < 1.29 is 4.74 Å². The molecule has 0 saturated heterocycles. The number of hydrogen-bond donors (Lipinski definition) is 2. The Morgan fingerprint density at radius 1 is 1.67 bits per heavy atom. The molecule has 15 heavy (non-hydrogen) atoms. The van der Waals surface area contributed by atoms with Crippen molar-refractivity contribution >= 4 is 22.9 Å². The maximum atomic E-state index is 6.10. The predicted octanol–water partition coefficient (Wildman–Crippen LogP) is 2.33. The van der Waals surface area contributed by atoms with E-state index in [2.05, 4.69) is 5.43 Å². The molecule has 1 heterocycles. The van der Waals surface area contributed by atoms with E-state index in [9.17, 15) is 0 Å². The molecular formula is C10H15ClN2OS. The van der Waals surface area contributed by atoms with Gasteiger partial charge in [-0.15, -0.1) is 11.3 Å². The van der Waals surface area contributed by atoms with Gasteiger partial charge in [0.15, 0.2) is 0 Å². The maximum absolute atomic E-state index is 6.10. The van der Waals surface area contributed by atoms with Crippen molar-refractivity contribution in [3.8, 4) is 0 Å². The Morgan fingerprint density at radius 2 is 2.40 bits per heavy atom. The van der Waals surface area contributed by atoms with Crippen LogP contribution < -0.4 is 11.3 Å². The first kappa shape index (κ1) is 11.4. The Hall–Kier alpha value is -0.130. The second kappa shape index (κ2) is 4.80. The Bertz CT molecular complexity index is 327. The monoisotopic (exact) mass is 246 g/mol. The summed E-state index contributed by atoms with van der Waals surface area (Å²) in [5.41, 5.74) is 2.82. The average Bonchev–Trinajstić information content (AvgIpc) is 2.99. The van der Waals surface area contributed by atoms with Crippen LogP contribution in [0.15, 0.2) is 11.4 Å². The van der Waals surface area contributed by atoms with Crippen LogP contribution in [0.25, 0.3) is 0 Å². The first-order chi connectivity index (χ1) is 7.27. The third-order valence-corrected chi connectivity index (χ3v) is 4.24. The van der Waals surface area contributed by atoms with Crippen molar-refractivity contribution in [1.82, 2.24) is 5.43 Å². The van der Waals surface area contributed by atoms with E-state index in [1.54, 1.807) is 18.4 Å². The second-order valence-corrected chi connectivity index (χ2v) is 5.17. The summed E-state index contributed by atoms with van der Waals surface area (Å²) < 4.78 is 5.51. The minimum atomic E-state index is 0.00926. The van der Waals surface area contributed by atoms with Crippen molar-refractivity contribution in [2.75, 3.05) is 7.11 Å². The summed E-state index contributed by atoms with van der Waals surface area (Å²) in [6.45, 7) is 0. The van der Waals surface area contributed by atoms with Gasteiger partial charge in [0, 0.05) is 12.0 Å². The summed E-state index contributed by atoms with van der Waals surface area (Å²) in [7, 11) is 1.73. The van der Waals surface area contributed by atoms with Crippen molar-refractivity contribution in [1.29, 1.82) is 0 Å². The van der Waals surface area contributed by atoms with E-state index in [-0.39, 0.29) is 12.1 Å². The van der Waals surface area contributed by atoms with Crippen LogP contribution >= 0.6 is 22.9 Å². The molecule has 0 spiro atoms. The van der Waals surface area contributed by atoms with Gasteiger partial charge in [0.2, 0.25) is 0 Å². The molecule has 3 N–H and O–H groups in total. The van der Waals surface area contributed by atoms with Crippen LogP contribution in [0.2, 0.25) is 5.02 Å². The lowest BCUT2D eigenvalue weighted by atomic mass is 10.1. The smallest absolute Gasteiger partial charge is 0.0832 e. The molecular weight excluding hydrogens is 232 g/mol. The number of thiophene rings is 1. The molecule has 1 fully saturated rings. The highest BCUT2D eigenvalue weighted by Gasteiger charge is 2.38. The fourth-order valence-corrected chi connectivity index (χ4v) is 3.14. The fraction of sp³-hybridized carbons (Fsp3) is 0.600. The summed E-state index contributed by atoms with van der Waals surface area (Å²) in [5.74, 6) is 6.21. The van der Waals surface area contributed by atoms with E-state index in [4.69, 9.17) is 22.2 Å². The summed E-state index contributed by atoms with van der Waals surface area (Å²) >= 11 is 7.72. The van der Waals surface area contributed by atoms with Crippen molar-refractivity contribution in [3.05, 3.63) is 21.3 Å². The van der Waals surface area contributed by atoms with Crippen LogP contribution in [0.5, 0.6) is 0 Å². The SMILES string of the molecule is COC(C1CC1)C(NN)c1sccc1Cl. The minimum Gasteiger partial charge on any atom is -0.379 e. The molecule has 2 rings (SSSR count). The van der Waals surface area contributed by atoms with E-state index < -0.39 is 0 Å². The van der Waals surface area contributed by atoms with E-state index in [0.717, 1.165) is 9.90 Å². The fourth-order valence-electron chi connectivity index (χ4n) is 1.87. The van der Waals surface area contributed by atoms with Crippen molar-refractivity contribution in [2.45, 2.75) is 25.0 Å². The van der Waals surface area contributed by atoms with Gasteiger partial charge < -0.3 is 4.74 Å². The lowest BCUT2D eigenvalue weighted by Gasteiger charge is -2.24. The molecule has 0 radical (unpaired) electrons. The van der Waals surface area contributed by atoms with E-state index in [1.165, 1.54) is 12.8 Å². The van der Waals surface area contributed by atoms with Gasteiger partial charge in [-0.1, -0.05) is 11.6 Å². The quantitative estimate of drug-likeness (QED) is 0.619. The van der Waals surface area contributed by atoms with Crippen LogP contribution in [0.4, 0.5) is 0 Å². The highest BCUT2D eigenvalue weighted by Crippen LogP contribution is 2.42. The largest absolute Gasteiger partial charge is 0.379 e. The van der Waals surface area contributed by atoms with E-state index in [0.29, 0.717) is 5.92 Å². The van der Waals surface area contributed by atoms with Crippen molar-refractivity contribution in [2.24, 2.45) is 11.8 Å². The lowest BCUT2D eigenvalue weighted by Crippen LogP contribution is -2.38. The molecule has 1 aromatic rings. The van der Waals surface area contributed by atoms with Gasteiger partial charge >= 0.3 is 0 Å². The van der Waals surface area contributed by atoms with Gasteiger partial charge in [-0.2, -0.15) is 0 Å². The summed E-state index contributed by atoms with van der Waals surface area (Å²) in [6, 6.07) is 1.90. The van der Waals surface area contributed by atoms with Gasteiger partial charge in [-0.25, -0.2) is 5.43 Å². The molecule has 1 aliphatic carbocycles. The first-order valence-electron chi connectivity index (χ1n) is 4.99. The molecule has 1 saturated carbocycles. The van der Waals surface area contributed by atoms with Crippen LogP contribution in [0.1, 0.15) is 23.8 Å². The molecule has 2 atom stereocenters. The summed E-state index contributed by atoms with van der Waals surface area (Å²) in [6.07, 6.45) is 2.57. The number of rotatable bonds is 5. The third kappa shape index (κ3) is 2.34. The van der Waals surface area contributed by atoms with Crippen LogP contribution in [-0.4, -0.2) is 13.2 Å². The number of hydrogen-bond acceptors (Lipinski definition) is 4. The number of halogens is 1. The first-order valence-corrected chi connectivity index (χ1v) is 6.25. The molecule has 3 nitrogen and oxygen atoms in total. The number of nitrogens with two attached hydrogens (primary N) is 1. The molecule has 2 unspecified atom stereocenters. The Kier molecular flexibility index (Phi) is 3.64. The summed E-state index contributed by atoms with van der Waals surface area (Å²) in [4.78, 5) is 1.07. The van der Waals surface area contributed by atoms with Gasteiger partial charge in [0.25, 0.3) is 0 Å². The van der Waals surface area contributed by atoms with Gasteiger partial charge in [0.1, 0.15) is 0 Å². The second-order valence-electron chi connectivity index (χ2n) is 3.81. The van der Waals surface area contributed by atoms with E-state index in [1.807, 2.05) is 11.4 Å². The molecule has 5 heteroatoms. The molecule has 0 amide bonds. The molecule has 1 aliphatic rings. The topological polar surface area (TPSA) is 47.3 Å². The Labute approximate surface area is 98.5 Å². The molecule has 1 aromatic heterocycles. The maximum Gasteiger partial charge on any atom is 0.0832 e. The van der Waals surface area contributed by atoms with Crippen LogP contribution in [0.3, 0.4) is 0 Å². The number of hydrazine groups is 1. The zero-order chi connectivity index (χ0) is 10.8. The Balaban J connectivity index is 2.18. The van der Waals surface area contributed by atoms with Crippen molar-refractivity contribution in [3.63, 3.8) is 0 Å². The molecule has 0 aromatic carbocycles. The van der Waals surface area contributed by atoms with Crippen LogP contribution in [0, 0.1) is 5.92 Å². The zero-order valence-corrected chi connectivity index (χ0v) is 10.1. The lowest BCUT2D eigenvalue weighted by molar-refractivity contribution is 0.0517.